The van der Waals surface area contributed by atoms with Gasteiger partial charge in [-0.05, 0) is 20.8 Å². The largest absolute Gasteiger partial charge is 0.469 e. The minimum absolute atomic E-state index is 0.0729. The van der Waals surface area contributed by atoms with E-state index in [9.17, 15) is 14.4 Å². The molecule has 3 amide bonds. The van der Waals surface area contributed by atoms with Crippen LogP contribution in [0.5, 0.6) is 0 Å². The molecule has 7 nitrogen and oxygen atoms in total. The van der Waals surface area contributed by atoms with Crippen LogP contribution in [0.3, 0.4) is 0 Å². The molecule has 0 spiro atoms. The SMILES string of the molecule is COC(=O)CCC(=O)N1CCN(C(=O)NC(C)(C)C)CC1. The summed E-state index contributed by atoms with van der Waals surface area (Å²) in [5.74, 6) is -0.456. The predicted octanol–water partition coefficient (Wildman–Crippen LogP) is 0.592. The number of piperazine rings is 1. The quantitative estimate of drug-likeness (QED) is 0.774. The first-order valence-corrected chi connectivity index (χ1v) is 7.14. The van der Waals surface area contributed by atoms with E-state index in [1.807, 2.05) is 20.8 Å². The summed E-state index contributed by atoms with van der Waals surface area (Å²) >= 11 is 0. The van der Waals surface area contributed by atoms with Crippen LogP contribution in [-0.2, 0) is 14.3 Å². The summed E-state index contributed by atoms with van der Waals surface area (Å²) in [5.41, 5.74) is -0.273. The van der Waals surface area contributed by atoms with Gasteiger partial charge in [0, 0.05) is 38.1 Å². The van der Waals surface area contributed by atoms with Crippen LogP contribution in [0.2, 0.25) is 0 Å². The molecule has 1 saturated heterocycles. The number of carbonyl (C=O) groups excluding carboxylic acids is 3. The first-order chi connectivity index (χ1) is 9.73. The van der Waals surface area contributed by atoms with Gasteiger partial charge in [-0.1, -0.05) is 0 Å². The van der Waals surface area contributed by atoms with Gasteiger partial charge in [0.15, 0.2) is 0 Å². The lowest BCUT2D eigenvalue weighted by molar-refractivity contribution is -0.143. The molecule has 1 heterocycles. The summed E-state index contributed by atoms with van der Waals surface area (Å²) in [7, 11) is 1.30. The molecule has 1 rings (SSSR count). The van der Waals surface area contributed by atoms with E-state index in [1.165, 1.54) is 7.11 Å². The molecule has 7 heteroatoms. The van der Waals surface area contributed by atoms with Crippen molar-refractivity contribution in [1.82, 2.24) is 15.1 Å². The molecule has 0 aromatic rings. The zero-order chi connectivity index (χ0) is 16.0. The molecular formula is C14H25N3O4. The Bertz CT molecular complexity index is 396. The van der Waals surface area contributed by atoms with Crippen LogP contribution in [0, 0.1) is 0 Å². The summed E-state index contributed by atoms with van der Waals surface area (Å²) in [6.07, 6.45) is 0.251. The maximum absolute atomic E-state index is 12.0. The highest BCUT2D eigenvalue weighted by atomic mass is 16.5. The molecule has 0 aromatic carbocycles. The van der Waals surface area contributed by atoms with Crippen molar-refractivity contribution >= 4 is 17.9 Å². The maximum atomic E-state index is 12.0. The topological polar surface area (TPSA) is 79.0 Å². The lowest BCUT2D eigenvalue weighted by atomic mass is 10.1. The van der Waals surface area contributed by atoms with E-state index in [2.05, 4.69) is 10.1 Å². The van der Waals surface area contributed by atoms with Gasteiger partial charge in [0.2, 0.25) is 5.91 Å². The van der Waals surface area contributed by atoms with Crippen molar-refractivity contribution in [1.29, 1.82) is 0 Å². The first-order valence-electron chi connectivity index (χ1n) is 7.14. The normalized spacial score (nSPS) is 15.6. The molecule has 1 N–H and O–H groups in total. The Morgan fingerprint density at radius 1 is 1.00 bits per heavy atom. The van der Waals surface area contributed by atoms with E-state index in [0.717, 1.165) is 0 Å². The number of nitrogens with one attached hydrogen (secondary N) is 1. The third-order valence-electron chi connectivity index (χ3n) is 3.17. The van der Waals surface area contributed by atoms with Gasteiger partial charge < -0.3 is 19.9 Å². The molecular weight excluding hydrogens is 274 g/mol. The number of nitrogens with zero attached hydrogens (tertiary/aromatic N) is 2. The van der Waals surface area contributed by atoms with Crippen molar-refractivity contribution in [3.05, 3.63) is 0 Å². The van der Waals surface area contributed by atoms with E-state index in [0.29, 0.717) is 26.2 Å². The Morgan fingerprint density at radius 2 is 1.52 bits per heavy atom. The second-order valence-corrected chi connectivity index (χ2v) is 6.12. The summed E-state index contributed by atoms with van der Waals surface area (Å²) in [4.78, 5) is 38.3. The number of amides is 3. The maximum Gasteiger partial charge on any atom is 0.317 e. The Balaban J connectivity index is 2.36. The highest BCUT2D eigenvalue weighted by Gasteiger charge is 2.26. The average molecular weight is 299 g/mol. The number of hydrogen-bond donors (Lipinski definition) is 1. The van der Waals surface area contributed by atoms with Crippen LogP contribution in [0.1, 0.15) is 33.6 Å². The number of rotatable bonds is 3. The van der Waals surface area contributed by atoms with Gasteiger partial charge in [-0.3, -0.25) is 9.59 Å². The highest BCUT2D eigenvalue weighted by molar-refractivity contribution is 5.81. The van der Waals surface area contributed by atoms with Gasteiger partial charge in [-0.2, -0.15) is 0 Å². The number of carbonyl (C=O) groups is 3. The van der Waals surface area contributed by atoms with Gasteiger partial charge in [-0.15, -0.1) is 0 Å². The summed E-state index contributed by atoms with van der Waals surface area (Å²) in [5, 5.41) is 2.90. The van der Waals surface area contributed by atoms with Crippen LogP contribution in [0.15, 0.2) is 0 Å². The molecule has 21 heavy (non-hydrogen) atoms. The second-order valence-electron chi connectivity index (χ2n) is 6.12. The Kier molecular flexibility index (Phi) is 5.99. The minimum Gasteiger partial charge on any atom is -0.469 e. The number of ether oxygens (including phenoxy) is 1. The van der Waals surface area contributed by atoms with Gasteiger partial charge >= 0.3 is 12.0 Å². The highest BCUT2D eigenvalue weighted by Crippen LogP contribution is 2.08. The van der Waals surface area contributed by atoms with Crippen LogP contribution >= 0.6 is 0 Å². The van der Waals surface area contributed by atoms with E-state index >= 15 is 0 Å². The minimum atomic E-state index is -0.383. The zero-order valence-corrected chi connectivity index (χ0v) is 13.3. The Hall–Kier alpha value is -1.79. The molecule has 1 aliphatic heterocycles. The number of urea groups is 1. The van der Waals surface area contributed by atoms with E-state index in [4.69, 9.17) is 0 Å². The Labute approximate surface area is 125 Å². The number of esters is 1. The smallest absolute Gasteiger partial charge is 0.317 e. The molecule has 0 unspecified atom stereocenters. The molecule has 0 aliphatic carbocycles. The van der Waals surface area contributed by atoms with Crippen molar-refractivity contribution in [3.8, 4) is 0 Å². The summed E-state index contributed by atoms with van der Waals surface area (Å²) in [6.45, 7) is 7.79. The van der Waals surface area contributed by atoms with Crippen molar-refractivity contribution in [2.45, 2.75) is 39.2 Å². The van der Waals surface area contributed by atoms with Crippen LogP contribution in [0.4, 0.5) is 4.79 Å². The lowest BCUT2D eigenvalue weighted by Gasteiger charge is -2.36. The van der Waals surface area contributed by atoms with Gasteiger partial charge in [-0.25, -0.2) is 4.79 Å². The molecule has 120 valence electrons. The Morgan fingerprint density at radius 3 is 2.00 bits per heavy atom. The predicted molar refractivity (Wildman–Crippen MR) is 77.7 cm³/mol. The number of hydrogen-bond acceptors (Lipinski definition) is 4. The van der Waals surface area contributed by atoms with E-state index < -0.39 is 0 Å². The molecule has 0 radical (unpaired) electrons. The van der Waals surface area contributed by atoms with Crippen LogP contribution in [0.25, 0.3) is 0 Å². The molecule has 1 aliphatic rings. The van der Waals surface area contributed by atoms with E-state index in [-0.39, 0.29) is 36.3 Å². The fourth-order valence-corrected chi connectivity index (χ4v) is 2.03. The monoisotopic (exact) mass is 299 g/mol. The van der Waals surface area contributed by atoms with Crippen molar-refractivity contribution in [3.63, 3.8) is 0 Å². The molecule has 0 atom stereocenters. The van der Waals surface area contributed by atoms with Gasteiger partial charge in [0.1, 0.15) is 0 Å². The van der Waals surface area contributed by atoms with E-state index in [1.54, 1.807) is 9.80 Å². The third-order valence-corrected chi connectivity index (χ3v) is 3.17. The second kappa shape index (κ2) is 7.28. The standard InChI is InChI=1S/C14H25N3O4/c1-14(2,3)15-13(20)17-9-7-16(8-10-17)11(18)5-6-12(19)21-4/h5-10H2,1-4H3,(H,15,20). The lowest BCUT2D eigenvalue weighted by Crippen LogP contribution is -2.56. The third kappa shape index (κ3) is 6.01. The molecule has 0 bridgehead atoms. The average Bonchev–Trinajstić information content (AvgIpc) is 2.42. The zero-order valence-electron chi connectivity index (χ0n) is 13.3. The van der Waals surface area contributed by atoms with Crippen LogP contribution < -0.4 is 5.32 Å². The molecule has 0 saturated carbocycles. The van der Waals surface area contributed by atoms with Gasteiger partial charge in [0.05, 0.1) is 13.5 Å². The molecule has 1 fully saturated rings. The molecule has 0 aromatic heterocycles. The fourth-order valence-electron chi connectivity index (χ4n) is 2.03. The van der Waals surface area contributed by atoms with Crippen molar-refractivity contribution in [2.24, 2.45) is 0 Å². The fraction of sp³-hybridized carbons (Fsp3) is 0.786. The van der Waals surface area contributed by atoms with Gasteiger partial charge in [0.25, 0.3) is 0 Å². The summed E-state index contributed by atoms with van der Waals surface area (Å²) < 4.78 is 4.51. The van der Waals surface area contributed by atoms with Crippen molar-refractivity contribution in [2.75, 3.05) is 33.3 Å². The van der Waals surface area contributed by atoms with Crippen molar-refractivity contribution < 1.29 is 19.1 Å². The van der Waals surface area contributed by atoms with Crippen LogP contribution in [-0.4, -0.2) is 66.5 Å². The number of methoxy groups -OCH3 is 1. The first kappa shape index (κ1) is 17.3. The summed E-state index contributed by atoms with van der Waals surface area (Å²) in [6, 6.07) is -0.107.